The van der Waals surface area contributed by atoms with Gasteiger partial charge in [-0.3, -0.25) is 0 Å². The van der Waals surface area contributed by atoms with Gasteiger partial charge in [-0.25, -0.2) is 4.98 Å². The van der Waals surface area contributed by atoms with Gasteiger partial charge in [0.25, 0.3) is 0 Å². The molecule has 5 heteroatoms. The van der Waals surface area contributed by atoms with Gasteiger partial charge in [-0.2, -0.15) is 0 Å². The Labute approximate surface area is 162 Å². The molecule has 1 aromatic carbocycles. The number of pyridine rings is 1. The molecule has 0 amide bonds. The summed E-state index contributed by atoms with van der Waals surface area (Å²) < 4.78 is 0. The molecule has 136 valence electrons. The molecule has 0 saturated carbocycles. The minimum absolute atomic E-state index is 0.155. The van der Waals surface area contributed by atoms with Crippen LogP contribution in [0.2, 0.25) is 0 Å². The Hall–Kier alpha value is -2.89. The largest absolute Gasteiger partial charge is 0.380 e. The Kier molecular flexibility index (Phi) is 5.05. The smallest absolute Gasteiger partial charge is 0.137 e. The number of benzene rings is 1. The first kappa shape index (κ1) is 17.5. The van der Waals surface area contributed by atoms with E-state index in [1.54, 1.807) is 11.3 Å². The van der Waals surface area contributed by atoms with Crippen molar-refractivity contribution in [1.29, 1.82) is 0 Å². The topological polar surface area (TPSA) is 66.7 Å². The highest BCUT2D eigenvalue weighted by molar-refractivity contribution is 7.16. The fourth-order valence-corrected chi connectivity index (χ4v) is 4.21. The standard InChI is InChI=1S/C22H22N4S/c1-15(26-17(14-23)13-16-5-3-2-4-6-16)20-7-8-21(27-20)18-9-11-24-22-19(18)10-12-25-22/h2-12,17,26H,1,13-14,23H2,(H,24,25). The molecule has 0 aliphatic carbocycles. The van der Waals surface area contributed by atoms with Gasteiger partial charge in [0.1, 0.15) is 5.65 Å². The van der Waals surface area contributed by atoms with Gasteiger partial charge in [-0.1, -0.05) is 36.9 Å². The molecule has 0 fully saturated rings. The van der Waals surface area contributed by atoms with Crippen molar-refractivity contribution in [3.63, 3.8) is 0 Å². The van der Waals surface area contributed by atoms with Crippen LogP contribution in [-0.2, 0) is 6.42 Å². The molecule has 3 aromatic heterocycles. The minimum atomic E-state index is 0.155. The van der Waals surface area contributed by atoms with Gasteiger partial charge >= 0.3 is 0 Å². The second kappa shape index (κ2) is 7.78. The van der Waals surface area contributed by atoms with Crippen LogP contribution in [-0.4, -0.2) is 22.6 Å². The summed E-state index contributed by atoms with van der Waals surface area (Å²) in [5.41, 5.74) is 10.3. The first-order chi connectivity index (χ1) is 13.2. The fraction of sp³-hybridized carbons (Fsp3) is 0.136. The number of nitrogens with zero attached hydrogens (tertiary/aromatic N) is 1. The molecule has 4 nitrogen and oxygen atoms in total. The van der Waals surface area contributed by atoms with Gasteiger partial charge in [0.05, 0.1) is 4.88 Å². The van der Waals surface area contributed by atoms with E-state index in [1.165, 1.54) is 16.0 Å². The lowest BCUT2D eigenvalue weighted by molar-refractivity contribution is 0.603. The van der Waals surface area contributed by atoms with Crippen molar-refractivity contribution in [3.8, 4) is 10.4 Å². The van der Waals surface area contributed by atoms with E-state index in [-0.39, 0.29) is 6.04 Å². The summed E-state index contributed by atoms with van der Waals surface area (Å²) in [6.07, 6.45) is 4.64. The van der Waals surface area contributed by atoms with Crippen LogP contribution in [0.3, 0.4) is 0 Å². The van der Waals surface area contributed by atoms with Gasteiger partial charge in [-0.15, -0.1) is 11.3 Å². The maximum absolute atomic E-state index is 5.98. The van der Waals surface area contributed by atoms with E-state index >= 15 is 0 Å². The summed E-state index contributed by atoms with van der Waals surface area (Å²) in [7, 11) is 0. The number of hydrogen-bond acceptors (Lipinski definition) is 4. The number of H-pyrrole nitrogens is 1. The van der Waals surface area contributed by atoms with E-state index < -0.39 is 0 Å². The summed E-state index contributed by atoms with van der Waals surface area (Å²) >= 11 is 1.73. The Bertz CT molecular complexity index is 1050. The van der Waals surface area contributed by atoms with Crippen LogP contribution in [0.1, 0.15) is 10.4 Å². The molecule has 0 bridgehead atoms. The van der Waals surface area contributed by atoms with E-state index in [4.69, 9.17) is 5.73 Å². The second-order valence-electron chi connectivity index (χ2n) is 6.51. The quantitative estimate of drug-likeness (QED) is 0.448. The Morgan fingerprint density at radius 1 is 1.15 bits per heavy atom. The third-order valence-corrected chi connectivity index (χ3v) is 5.80. The molecule has 4 aromatic rings. The highest BCUT2D eigenvalue weighted by Gasteiger charge is 2.13. The lowest BCUT2D eigenvalue weighted by atomic mass is 10.1. The predicted octanol–water partition coefficient (Wildman–Crippen LogP) is 4.42. The molecule has 27 heavy (non-hydrogen) atoms. The highest BCUT2D eigenvalue weighted by Crippen LogP contribution is 2.34. The SMILES string of the molecule is C=C(NC(CN)Cc1ccccc1)c1ccc(-c2ccnc3[nH]ccc23)s1. The third-order valence-electron chi connectivity index (χ3n) is 4.62. The predicted molar refractivity (Wildman–Crippen MR) is 115 cm³/mol. The van der Waals surface area contributed by atoms with E-state index in [0.717, 1.165) is 28.0 Å². The van der Waals surface area contributed by atoms with Crippen molar-refractivity contribution in [2.45, 2.75) is 12.5 Å². The van der Waals surface area contributed by atoms with E-state index in [1.807, 2.05) is 18.5 Å². The molecule has 4 rings (SSSR count). The maximum Gasteiger partial charge on any atom is 0.137 e. The first-order valence-electron chi connectivity index (χ1n) is 8.96. The Morgan fingerprint density at radius 3 is 2.81 bits per heavy atom. The minimum Gasteiger partial charge on any atom is -0.380 e. The number of nitrogens with one attached hydrogen (secondary N) is 2. The van der Waals surface area contributed by atoms with Crippen molar-refractivity contribution in [3.05, 3.63) is 84.0 Å². The Morgan fingerprint density at radius 2 is 2.00 bits per heavy atom. The van der Waals surface area contributed by atoms with Crippen LogP contribution in [0.5, 0.6) is 0 Å². The summed E-state index contributed by atoms with van der Waals surface area (Å²) in [5.74, 6) is 0. The van der Waals surface area contributed by atoms with Gasteiger partial charge in [0.2, 0.25) is 0 Å². The van der Waals surface area contributed by atoms with Crippen molar-refractivity contribution in [1.82, 2.24) is 15.3 Å². The zero-order valence-corrected chi connectivity index (χ0v) is 15.8. The van der Waals surface area contributed by atoms with Gasteiger partial charge < -0.3 is 16.0 Å². The molecule has 0 saturated heterocycles. The molecular weight excluding hydrogens is 352 g/mol. The molecule has 3 heterocycles. The Balaban J connectivity index is 1.51. The summed E-state index contributed by atoms with van der Waals surface area (Å²) in [6, 6.07) is 18.9. The van der Waals surface area contributed by atoms with Crippen molar-refractivity contribution >= 4 is 28.1 Å². The molecule has 0 aliphatic rings. The van der Waals surface area contributed by atoms with Crippen LogP contribution < -0.4 is 11.1 Å². The van der Waals surface area contributed by atoms with Crippen molar-refractivity contribution in [2.24, 2.45) is 5.73 Å². The first-order valence-corrected chi connectivity index (χ1v) is 9.78. The van der Waals surface area contributed by atoms with E-state index in [0.29, 0.717) is 6.54 Å². The van der Waals surface area contributed by atoms with Gasteiger partial charge in [-0.05, 0) is 36.2 Å². The van der Waals surface area contributed by atoms with Crippen LogP contribution in [0, 0.1) is 0 Å². The summed E-state index contributed by atoms with van der Waals surface area (Å²) in [4.78, 5) is 9.85. The molecule has 1 atom stereocenters. The number of aromatic nitrogens is 2. The number of rotatable bonds is 7. The van der Waals surface area contributed by atoms with Crippen LogP contribution in [0.4, 0.5) is 0 Å². The molecular formula is C22H22N4S. The zero-order chi connectivity index (χ0) is 18.6. The maximum atomic E-state index is 5.98. The normalized spacial score (nSPS) is 12.2. The van der Waals surface area contributed by atoms with Crippen LogP contribution in [0.15, 0.2) is 73.6 Å². The molecule has 0 radical (unpaired) electrons. The van der Waals surface area contributed by atoms with Gasteiger partial charge in [0, 0.05) is 46.5 Å². The lowest BCUT2D eigenvalue weighted by Gasteiger charge is -2.19. The number of fused-ring (bicyclic) bond motifs is 1. The summed E-state index contributed by atoms with van der Waals surface area (Å²) in [5, 5.41) is 4.63. The molecule has 1 unspecified atom stereocenters. The summed E-state index contributed by atoms with van der Waals surface area (Å²) in [6.45, 7) is 4.79. The average molecular weight is 375 g/mol. The molecule has 4 N–H and O–H groups in total. The van der Waals surface area contributed by atoms with Crippen molar-refractivity contribution < 1.29 is 0 Å². The molecule has 0 spiro atoms. The van der Waals surface area contributed by atoms with Crippen LogP contribution in [0.25, 0.3) is 27.2 Å². The third kappa shape index (κ3) is 3.79. The average Bonchev–Trinajstić information content (AvgIpc) is 3.37. The van der Waals surface area contributed by atoms with Gasteiger partial charge in [0.15, 0.2) is 0 Å². The number of hydrogen-bond donors (Lipinski definition) is 3. The number of thiophene rings is 1. The second-order valence-corrected chi connectivity index (χ2v) is 7.59. The number of aromatic amines is 1. The van der Waals surface area contributed by atoms with Crippen molar-refractivity contribution in [2.75, 3.05) is 6.54 Å². The fourth-order valence-electron chi connectivity index (χ4n) is 3.23. The van der Waals surface area contributed by atoms with E-state index in [2.05, 4.69) is 70.4 Å². The van der Waals surface area contributed by atoms with E-state index in [9.17, 15) is 0 Å². The zero-order valence-electron chi connectivity index (χ0n) is 15.0. The highest BCUT2D eigenvalue weighted by atomic mass is 32.1. The monoisotopic (exact) mass is 374 g/mol. The lowest BCUT2D eigenvalue weighted by Crippen LogP contribution is -2.36. The molecule has 0 aliphatic heterocycles. The van der Waals surface area contributed by atoms with Crippen LogP contribution >= 0.6 is 11.3 Å². The number of nitrogens with two attached hydrogens (primary N) is 1.